The first-order chi connectivity index (χ1) is 15.9. The van der Waals surface area contributed by atoms with Crippen LogP contribution in [0, 0.1) is 11.8 Å². The maximum atomic E-state index is 10.7. The van der Waals surface area contributed by atoms with Crippen molar-refractivity contribution in [1.82, 2.24) is 20.4 Å². The maximum Gasteiger partial charge on any atom is 0.233 e. The van der Waals surface area contributed by atoms with Gasteiger partial charge in [0.15, 0.2) is 5.82 Å². The Kier molecular flexibility index (Phi) is 7.06. The first-order valence-electron chi connectivity index (χ1n) is 11.7. The summed E-state index contributed by atoms with van der Waals surface area (Å²) in [7, 11) is 3.67. The molecule has 0 radical (unpaired) electrons. The molecule has 2 aromatic heterocycles. The number of phenols is 1. The van der Waals surface area contributed by atoms with Crippen LogP contribution in [0.25, 0.3) is 22.4 Å². The molecule has 1 aromatic carbocycles. The lowest BCUT2D eigenvalue weighted by atomic mass is 9.84. The van der Waals surface area contributed by atoms with Crippen LogP contribution in [0.15, 0.2) is 42.6 Å². The molecule has 0 spiro atoms. The molecule has 3 atom stereocenters. The quantitative estimate of drug-likeness (QED) is 0.564. The molecule has 1 aliphatic rings. The van der Waals surface area contributed by atoms with Gasteiger partial charge in [0.1, 0.15) is 5.75 Å². The van der Waals surface area contributed by atoms with Gasteiger partial charge < -0.3 is 14.7 Å². The number of hydrogen-bond acceptors (Lipinski definition) is 7. The lowest BCUT2D eigenvalue weighted by molar-refractivity contribution is 0.309. The molecule has 7 nitrogen and oxygen atoms in total. The van der Waals surface area contributed by atoms with Crippen molar-refractivity contribution in [3.63, 3.8) is 0 Å². The van der Waals surface area contributed by atoms with Gasteiger partial charge in [-0.1, -0.05) is 39.2 Å². The van der Waals surface area contributed by atoms with Gasteiger partial charge >= 0.3 is 0 Å². The van der Waals surface area contributed by atoms with E-state index in [9.17, 15) is 5.11 Å². The largest absolute Gasteiger partial charge is 0.507 e. The third-order valence-electron chi connectivity index (χ3n) is 6.75. The highest BCUT2D eigenvalue weighted by Gasteiger charge is 2.24. The summed E-state index contributed by atoms with van der Waals surface area (Å²) in [6.45, 7) is 4.71. The van der Waals surface area contributed by atoms with Crippen molar-refractivity contribution in [1.29, 1.82) is 0 Å². The zero-order valence-electron chi connectivity index (χ0n) is 19.9. The van der Waals surface area contributed by atoms with Gasteiger partial charge in [0, 0.05) is 30.3 Å². The first-order valence-corrected chi connectivity index (χ1v) is 11.7. The van der Waals surface area contributed by atoms with Crippen molar-refractivity contribution in [3.8, 4) is 34.0 Å². The third kappa shape index (κ3) is 5.41. The Bertz CT molecular complexity index is 1060. The van der Waals surface area contributed by atoms with Crippen LogP contribution in [0.1, 0.15) is 46.0 Å². The number of benzene rings is 1. The molecule has 33 heavy (non-hydrogen) atoms. The highest BCUT2D eigenvalue weighted by molar-refractivity contribution is 5.74. The van der Waals surface area contributed by atoms with Crippen LogP contribution in [-0.2, 0) is 0 Å². The molecular weight excluding hydrogens is 414 g/mol. The molecule has 0 aliphatic heterocycles. The van der Waals surface area contributed by atoms with Crippen LogP contribution in [-0.4, -0.2) is 45.7 Å². The standard InChI is InChI=1S/C26H33N5O2/c1-17-6-5-7-18(2)13-21(12-17)31(3)25-11-10-23(28-29-25)22-9-8-19(14-24(22)32)20-15-26(33-4)30-27-16-20/h8-11,14-18,21,32H,5-7,12-13H2,1-4H3/t17-,18+,21?. The van der Waals surface area contributed by atoms with Gasteiger partial charge in [0.2, 0.25) is 5.88 Å². The number of hydrogen-bond donors (Lipinski definition) is 1. The molecule has 0 saturated heterocycles. The number of aromatic nitrogens is 4. The zero-order chi connectivity index (χ0) is 23.4. The summed E-state index contributed by atoms with van der Waals surface area (Å²) in [5, 5.41) is 27.5. The van der Waals surface area contributed by atoms with Crippen molar-refractivity contribution in [2.75, 3.05) is 19.1 Å². The van der Waals surface area contributed by atoms with Gasteiger partial charge in [-0.2, -0.15) is 5.10 Å². The Hall–Kier alpha value is -3.22. The molecule has 1 fully saturated rings. The molecule has 1 aliphatic carbocycles. The summed E-state index contributed by atoms with van der Waals surface area (Å²) in [5.74, 6) is 2.89. The molecule has 1 saturated carbocycles. The Morgan fingerprint density at radius 1 is 0.939 bits per heavy atom. The predicted octanol–water partition coefficient (Wildman–Crippen LogP) is 5.36. The lowest BCUT2D eigenvalue weighted by Crippen LogP contribution is -2.36. The number of nitrogens with zero attached hydrogens (tertiary/aromatic N) is 5. The molecule has 0 bridgehead atoms. The Morgan fingerprint density at radius 3 is 2.33 bits per heavy atom. The molecular formula is C26H33N5O2. The normalized spacial score (nSPS) is 21.2. The summed E-state index contributed by atoms with van der Waals surface area (Å²) in [5.41, 5.74) is 2.92. The molecule has 1 N–H and O–H groups in total. The van der Waals surface area contributed by atoms with E-state index in [0.29, 0.717) is 23.2 Å². The van der Waals surface area contributed by atoms with Crippen molar-refractivity contribution in [2.45, 2.75) is 52.0 Å². The highest BCUT2D eigenvalue weighted by atomic mass is 16.5. The molecule has 174 valence electrons. The van der Waals surface area contributed by atoms with Crippen LogP contribution in [0.2, 0.25) is 0 Å². The minimum Gasteiger partial charge on any atom is -0.507 e. The van der Waals surface area contributed by atoms with Gasteiger partial charge in [-0.3, -0.25) is 0 Å². The van der Waals surface area contributed by atoms with E-state index in [2.05, 4.69) is 46.2 Å². The third-order valence-corrected chi connectivity index (χ3v) is 6.75. The van der Waals surface area contributed by atoms with E-state index in [1.54, 1.807) is 25.4 Å². The van der Waals surface area contributed by atoms with Crippen LogP contribution in [0.4, 0.5) is 5.82 Å². The molecule has 4 rings (SSSR count). The zero-order valence-corrected chi connectivity index (χ0v) is 19.9. The van der Waals surface area contributed by atoms with E-state index in [1.807, 2.05) is 24.3 Å². The van der Waals surface area contributed by atoms with Crippen molar-refractivity contribution < 1.29 is 9.84 Å². The van der Waals surface area contributed by atoms with E-state index in [1.165, 1.54) is 32.1 Å². The smallest absolute Gasteiger partial charge is 0.233 e. The van der Waals surface area contributed by atoms with Crippen molar-refractivity contribution in [2.24, 2.45) is 11.8 Å². The SMILES string of the molecule is COc1cc(-c2ccc(-c3ccc(N(C)C4C[C@H](C)CCC[C@H](C)C4)nn3)c(O)c2)cnn1. The van der Waals surface area contributed by atoms with Crippen LogP contribution in [0.3, 0.4) is 0 Å². The summed E-state index contributed by atoms with van der Waals surface area (Å²) >= 11 is 0. The fourth-order valence-corrected chi connectivity index (χ4v) is 4.77. The van der Waals surface area contributed by atoms with E-state index in [-0.39, 0.29) is 5.75 Å². The predicted molar refractivity (Wildman–Crippen MR) is 130 cm³/mol. The summed E-state index contributed by atoms with van der Waals surface area (Å²) in [6.07, 6.45) is 7.94. The fraction of sp³-hybridized carbons (Fsp3) is 0.462. The average molecular weight is 448 g/mol. The van der Waals surface area contributed by atoms with E-state index >= 15 is 0 Å². The second kappa shape index (κ2) is 10.1. The number of rotatable bonds is 5. The van der Waals surface area contributed by atoms with Crippen LogP contribution < -0.4 is 9.64 Å². The van der Waals surface area contributed by atoms with Gasteiger partial charge in [-0.05, 0) is 54.5 Å². The van der Waals surface area contributed by atoms with E-state index < -0.39 is 0 Å². The Labute approximate surface area is 195 Å². The summed E-state index contributed by atoms with van der Waals surface area (Å²) in [4.78, 5) is 2.28. The molecule has 7 heteroatoms. The van der Waals surface area contributed by atoms with Gasteiger partial charge in [0.05, 0.1) is 19.0 Å². The summed E-state index contributed by atoms with van der Waals surface area (Å²) in [6, 6.07) is 11.7. The van der Waals surface area contributed by atoms with Gasteiger partial charge in [-0.15, -0.1) is 15.3 Å². The van der Waals surface area contributed by atoms with Gasteiger partial charge in [0.25, 0.3) is 0 Å². The second-order valence-corrected chi connectivity index (χ2v) is 9.37. The van der Waals surface area contributed by atoms with E-state index in [4.69, 9.17) is 4.74 Å². The van der Waals surface area contributed by atoms with Gasteiger partial charge in [-0.25, -0.2) is 0 Å². The Balaban J connectivity index is 1.52. The molecule has 2 heterocycles. The van der Waals surface area contributed by atoms with Crippen LogP contribution in [0.5, 0.6) is 11.6 Å². The minimum atomic E-state index is 0.140. The number of ether oxygens (including phenoxy) is 1. The molecule has 3 aromatic rings. The molecule has 0 amide bonds. The average Bonchev–Trinajstić information content (AvgIpc) is 2.82. The number of aromatic hydroxyl groups is 1. The number of methoxy groups -OCH3 is 1. The second-order valence-electron chi connectivity index (χ2n) is 9.37. The van der Waals surface area contributed by atoms with Crippen LogP contribution >= 0.6 is 0 Å². The lowest BCUT2D eigenvalue weighted by Gasteiger charge is -2.34. The topological polar surface area (TPSA) is 84.3 Å². The number of anilines is 1. The minimum absolute atomic E-state index is 0.140. The Morgan fingerprint density at radius 2 is 1.70 bits per heavy atom. The monoisotopic (exact) mass is 447 g/mol. The van der Waals surface area contributed by atoms with Crippen molar-refractivity contribution >= 4 is 5.82 Å². The fourth-order valence-electron chi connectivity index (χ4n) is 4.77. The first kappa shape index (κ1) is 23.0. The van der Waals surface area contributed by atoms with E-state index in [0.717, 1.165) is 28.8 Å². The number of phenolic OH excluding ortho intramolecular Hbond substituents is 1. The molecule has 1 unspecified atom stereocenters. The highest BCUT2D eigenvalue weighted by Crippen LogP contribution is 2.34. The maximum absolute atomic E-state index is 10.7. The summed E-state index contributed by atoms with van der Waals surface area (Å²) < 4.78 is 5.14. The van der Waals surface area contributed by atoms with Crippen molar-refractivity contribution in [3.05, 3.63) is 42.6 Å².